The smallest absolute Gasteiger partial charge is 0.308 e. The Morgan fingerprint density at radius 3 is 2.22 bits per heavy atom. The van der Waals surface area contributed by atoms with Crippen LogP contribution in [-0.4, -0.2) is 16.9 Å². The molecule has 0 bridgehead atoms. The fourth-order valence-electron chi connectivity index (χ4n) is 2.63. The highest BCUT2D eigenvalue weighted by molar-refractivity contribution is 5.94. The van der Waals surface area contributed by atoms with Crippen molar-refractivity contribution in [3.05, 3.63) is 102 Å². The first-order valence-electron chi connectivity index (χ1n) is 8.69. The second-order valence-corrected chi connectivity index (χ2v) is 5.99. The van der Waals surface area contributed by atoms with Gasteiger partial charge in [-0.15, -0.1) is 0 Å². The summed E-state index contributed by atoms with van der Waals surface area (Å²) in [6.07, 6.45) is 1.69. The van der Waals surface area contributed by atoms with Gasteiger partial charge in [0.05, 0.1) is 18.2 Å². The van der Waals surface area contributed by atoms with E-state index < -0.39 is 12.0 Å². The molecule has 1 atom stereocenters. The van der Waals surface area contributed by atoms with E-state index in [0.29, 0.717) is 11.3 Å². The first-order valence-corrected chi connectivity index (χ1v) is 8.69. The molecular weight excluding hydrogens is 340 g/mol. The molecule has 1 heterocycles. The van der Waals surface area contributed by atoms with Crippen LogP contribution in [0.4, 0.5) is 0 Å². The molecule has 0 radical (unpaired) electrons. The third-order valence-corrected chi connectivity index (χ3v) is 4.02. The van der Waals surface area contributed by atoms with E-state index >= 15 is 0 Å². The van der Waals surface area contributed by atoms with Crippen molar-refractivity contribution in [3.63, 3.8) is 0 Å². The SMILES string of the molecule is O=C(CC(NC(=O)c1ccccc1)c1ccccc1)OCc1ccccn1. The van der Waals surface area contributed by atoms with Crippen LogP contribution < -0.4 is 5.32 Å². The van der Waals surface area contributed by atoms with Crippen molar-refractivity contribution in [3.8, 4) is 0 Å². The first kappa shape index (κ1) is 18.3. The van der Waals surface area contributed by atoms with E-state index in [4.69, 9.17) is 4.74 Å². The second kappa shape index (κ2) is 9.29. The van der Waals surface area contributed by atoms with Crippen LogP contribution in [0.5, 0.6) is 0 Å². The van der Waals surface area contributed by atoms with Crippen LogP contribution >= 0.6 is 0 Å². The van der Waals surface area contributed by atoms with Gasteiger partial charge in [-0.1, -0.05) is 54.6 Å². The van der Waals surface area contributed by atoms with Crippen LogP contribution in [0, 0.1) is 0 Å². The molecule has 27 heavy (non-hydrogen) atoms. The Hall–Kier alpha value is -3.47. The summed E-state index contributed by atoms with van der Waals surface area (Å²) in [5.74, 6) is -0.634. The topological polar surface area (TPSA) is 68.3 Å². The van der Waals surface area contributed by atoms with Gasteiger partial charge < -0.3 is 10.1 Å². The number of carbonyl (C=O) groups excluding carboxylic acids is 2. The van der Waals surface area contributed by atoms with Crippen LogP contribution in [0.1, 0.15) is 34.1 Å². The summed E-state index contributed by atoms with van der Waals surface area (Å²) in [4.78, 5) is 29.0. The third kappa shape index (κ3) is 5.51. The molecule has 5 nitrogen and oxygen atoms in total. The van der Waals surface area contributed by atoms with E-state index in [1.165, 1.54) is 0 Å². The molecule has 2 aromatic carbocycles. The lowest BCUT2D eigenvalue weighted by Crippen LogP contribution is -2.30. The molecule has 0 saturated carbocycles. The van der Waals surface area contributed by atoms with E-state index in [9.17, 15) is 9.59 Å². The lowest BCUT2D eigenvalue weighted by Gasteiger charge is -2.18. The van der Waals surface area contributed by atoms with Gasteiger partial charge in [0, 0.05) is 11.8 Å². The quantitative estimate of drug-likeness (QED) is 0.653. The second-order valence-electron chi connectivity index (χ2n) is 5.99. The Morgan fingerprint density at radius 1 is 0.889 bits per heavy atom. The van der Waals surface area contributed by atoms with E-state index in [0.717, 1.165) is 5.56 Å². The summed E-state index contributed by atoms with van der Waals surface area (Å²) in [7, 11) is 0. The number of hydrogen-bond acceptors (Lipinski definition) is 4. The molecule has 0 saturated heterocycles. The van der Waals surface area contributed by atoms with Crippen molar-refractivity contribution in [2.24, 2.45) is 0 Å². The minimum absolute atomic E-state index is 0.0371. The van der Waals surface area contributed by atoms with Crippen molar-refractivity contribution in [2.45, 2.75) is 19.1 Å². The zero-order chi connectivity index (χ0) is 18.9. The van der Waals surface area contributed by atoms with Crippen LogP contribution in [0.2, 0.25) is 0 Å². The van der Waals surface area contributed by atoms with Crippen molar-refractivity contribution in [1.29, 1.82) is 0 Å². The lowest BCUT2D eigenvalue weighted by molar-refractivity contribution is -0.145. The van der Waals surface area contributed by atoms with E-state index in [1.54, 1.807) is 42.6 Å². The summed E-state index contributed by atoms with van der Waals surface area (Å²) in [6, 6.07) is 23.2. The lowest BCUT2D eigenvalue weighted by atomic mass is 10.0. The summed E-state index contributed by atoms with van der Waals surface area (Å²) < 4.78 is 5.31. The largest absolute Gasteiger partial charge is 0.459 e. The molecule has 1 amide bonds. The minimum atomic E-state index is -0.477. The van der Waals surface area contributed by atoms with Gasteiger partial charge in [0.25, 0.3) is 5.91 Å². The van der Waals surface area contributed by atoms with E-state index in [-0.39, 0.29) is 18.9 Å². The highest BCUT2D eigenvalue weighted by atomic mass is 16.5. The molecule has 136 valence electrons. The van der Waals surface area contributed by atoms with Crippen molar-refractivity contribution < 1.29 is 14.3 Å². The molecule has 0 aliphatic rings. The number of nitrogens with one attached hydrogen (secondary N) is 1. The molecule has 1 N–H and O–H groups in total. The number of nitrogens with zero attached hydrogens (tertiary/aromatic N) is 1. The van der Waals surface area contributed by atoms with Gasteiger partial charge >= 0.3 is 5.97 Å². The summed E-state index contributed by atoms with van der Waals surface area (Å²) in [6.45, 7) is 0.105. The molecule has 0 aliphatic carbocycles. The Bertz CT molecular complexity index is 868. The summed E-state index contributed by atoms with van der Waals surface area (Å²) in [5, 5.41) is 2.92. The third-order valence-electron chi connectivity index (χ3n) is 4.02. The Kier molecular flexibility index (Phi) is 6.30. The van der Waals surface area contributed by atoms with Gasteiger partial charge in [-0.05, 0) is 29.8 Å². The average molecular weight is 360 g/mol. The Balaban J connectivity index is 1.67. The highest BCUT2D eigenvalue weighted by Crippen LogP contribution is 2.18. The van der Waals surface area contributed by atoms with Crippen LogP contribution in [0.3, 0.4) is 0 Å². The molecule has 3 aromatic rings. The van der Waals surface area contributed by atoms with Crippen molar-refractivity contribution in [1.82, 2.24) is 10.3 Å². The zero-order valence-electron chi connectivity index (χ0n) is 14.7. The molecule has 5 heteroatoms. The maximum absolute atomic E-state index is 12.5. The number of amides is 1. The monoisotopic (exact) mass is 360 g/mol. The van der Waals surface area contributed by atoms with Gasteiger partial charge in [0.15, 0.2) is 0 Å². The fraction of sp³-hybridized carbons (Fsp3) is 0.136. The number of aromatic nitrogens is 1. The van der Waals surface area contributed by atoms with Gasteiger partial charge in [-0.3, -0.25) is 14.6 Å². The van der Waals surface area contributed by atoms with Crippen LogP contribution in [-0.2, 0) is 16.1 Å². The molecule has 0 spiro atoms. The number of ether oxygens (including phenoxy) is 1. The summed E-state index contributed by atoms with van der Waals surface area (Å²) in [5.41, 5.74) is 2.06. The Labute approximate surface area is 158 Å². The average Bonchev–Trinajstić information content (AvgIpc) is 2.74. The molecule has 0 fully saturated rings. The van der Waals surface area contributed by atoms with E-state index in [1.807, 2.05) is 42.5 Å². The maximum Gasteiger partial charge on any atom is 0.308 e. The van der Waals surface area contributed by atoms with E-state index in [2.05, 4.69) is 10.3 Å². The number of pyridine rings is 1. The van der Waals surface area contributed by atoms with Gasteiger partial charge in [0.1, 0.15) is 6.61 Å². The van der Waals surface area contributed by atoms with Crippen LogP contribution in [0.15, 0.2) is 85.1 Å². The van der Waals surface area contributed by atoms with Crippen LogP contribution in [0.25, 0.3) is 0 Å². The van der Waals surface area contributed by atoms with Gasteiger partial charge in [0.2, 0.25) is 0 Å². The molecule has 1 unspecified atom stereocenters. The predicted octanol–water partition coefficient (Wildman–Crippen LogP) is 3.69. The van der Waals surface area contributed by atoms with Crippen molar-refractivity contribution in [2.75, 3.05) is 0 Å². The minimum Gasteiger partial charge on any atom is -0.459 e. The zero-order valence-corrected chi connectivity index (χ0v) is 14.7. The molecule has 3 rings (SSSR count). The van der Waals surface area contributed by atoms with Crippen molar-refractivity contribution >= 4 is 11.9 Å². The molecule has 1 aromatic heterocycles. The number of esters is 1. The first-order chi connectivity index (χ1) is 13.2. The predicted molar refractivity (Wildman–Crippen MR) is 102 cm³/mol. The number of benzene rings is 2. The number of carbonyl (C=O) groups is 2. The molecule has 0 aliphatic heterocycles. The number of rotatable bonds is 7. The summed E-state index contributed by atoms with van der Waals surface area (Å²) >= 11 is 0. The Morgan fingerprint density at radius 2 is 1.56 bits per heavy atom. The normalized spacial score (nSPS) is 11.4. The van der Waals surface area contributed by atoms with Gasteiger partial charge in [-0.25, -0.2) is 0 Å². The molecular formula is C22H20N2O3. The number of hydrogen-bond donors (Lipinski definition) is 1. The fourth-order valence-corrected chi connectivity index (χ4v) is 2.63. The highest BCUT2D eigenvalue weighted by Gasteiger charge is 2.20. The standard InChI is InChI=1S/C22H20N2O3/c25-21(27-16-19-13-7-8-14-23-19)15-20(17-9-3-1-4-10-17)24-22(26)18-11-5-2-6-12-18/h1-14,20H,15-16H2,(H,24,26). The van der Waals surface area contributed by atoms with Gasteiger partial charge in [-0.2, -0.15) is 0 Å². The maximum atomic E-state index is 12.5.